The summed E-state index contributed by atoms with van der Waals surface area (Å²) in [5.41, 5.74) is 0. The second kappa shape index (κ2) is 9.77. The Balaban J connectivity index is 3.28. The molecule has 5 heteroatoms. The van der Waals surface area contributed by atoms with Gasteiger partial charge in [0.05, 0.1) is 6.61 Å². The number of esters is 1. The minimum Gasteiger partial charge on any atom is -0.460 e. The molecule has 0 amide bonds. The van der Waals surface area contributed by atoms with Gasteiger partial charge >= 0.3 is 5.97 Å². The Morgan fingerprint density at radius 3 is 2.47 bits per heavy atom. The third-order valence-corrected chi connectivity index (χ3v) is 2.22. The molecule has 0 aromatic rings. The number of hydrogen-bond donors (Lipinski definition) is 1. The fraction of sp³-hybridized carbons (Fsp3) is 0.800. The first-order valence-electron chi connectivity index (χ1n) is 5.27. The number of nitrogens with zero attached hydrogens (tertiary/aromatic N) is 1. The van der Waals surface area contributed by atoms with Crippen LogP contribution in [0, 0.1) is 0 Å². The van der Waals surface area contributed by atoms with Crippen molar-refractivity contribution in [3.8, 4) is 0 Å². The van der Waals surface area contributed by atoms with Crippen molar-refractivity contribution in [1.82, 2.24) is 0 Å². The predicted molar refractivity (Wildman–Crippen MR) is 59.4 cm³/mol. The lowest BCUT2D eigenvalue weighted by molar-refractivity contribution is -0.135. The Hall–Kier alpha value is -0.770. The maximum atomic E-state index is 10.9. The average molecular weight is 236 g/mol. The van der Waals surface area contributed by atoms with E-state index in [-0.39, 0.29) is 0 Å². The first-order chi connectivity index (χ1) is 7.22. The molecule has 0 bridgehead atoms. The van der Waals surface area contributed by atoms with E-state index in [1.165, 1.54) is 19.3 Å². The summed E-state index contributed by atoms with van der Waals surface area (Å²) in [6.45, 7) is 2.49. The molecule has 0 rings (SSSR count). The van der Waals surface area contributed by atoms with Gasteiger partial charge in [0.25, 0.3) is 5.17 Å². The Labute approximate surface area is 95.2 Å². The van der Waals surface area contributed by atoms with Gasteiger partial charge in [0, 0.05) is 0 Å². The van der Waals surface area contributed by atoms with Crippen LogP contribution < -0.4 is 0 Å². The van der Waals surface area contributed by atoms with Crippen molar-refractivity contribution in [2.24, 2.45) is 5.16 Å². The number of hydrogen-bond acceptors (Lipinski definition) is 4. The summed E-state index contributed by atoms with van der Waals surface area (Å²) in [5, 5.41) is 10.2. The maximum absolute atomic E-state index is 10.9. The summed E-state index contributed by atoms with van der Waals surface area (Å²) >= 11 is 5.22. The molecule has 0 spiro atoms. The Morgan fingerprint density at radius 2 is 1.87 bits per heavy atom. The molecule has 4 nitrogen and oxygen atoms in total. The average Bonchev–Trinajstić information content (AvgIpc) is 2.26. The van der Waals surface area contributed by atoms with Crippen LogP contribution in [0.4, 0.5) is 0 Å². The quantitative estimate of drug-likeness (QED) is 0.231. The summed E-state index contributed by atoms with van der Waals surface area (Å²) < 4.78 is 4.74. The van der Waals surface area contributed by atoms with Crippen LogP contribution in [0.1, 0.15) is 45.4 Å². The molecular weight excluding hydrogens is 218 g/mol. The zero-order valence-corrected chi connectivity index (χ0v) is 9.79. The number of carbonyl (C=O) groups excluding carboxylic acids is 1. The molecule has 0 fully saturated rings. The summed E-state index contributed by atoms with van der Waals surface area (Å²) in [6.07, 6.45) is 6.73. The zero-order valence-electron chi connectivity index (χ0n) is 9.04. The van der Waals surface area contributed by atoms with Crippen molar-refractivity contribution in [3.63, 3.8) is 0 Å². The predicted octanol–water partition coefficient (Wildman–Crippen LogP) is 2.92. The van der Waals surface area contributed by atoms with Gasteiger partial charge in [0.1, 0.15) is 0 Å². The molecule has 15 heavy (non-hydrogen) atoms. The molecule has 1 N–H and O–H groups in total. The molecule has 0 radical (unpaired) electrons. The Bertz CT molecular complexity index is 207. The standard InChI is InChI=1S/C10H18ClNO3/c1-2-3-4-5-6-7-8-15-10(13)9(11)12-14/h14H,2-8H2,1H3/b12-9+. The third-order valence-electron chi connectivity index (χ3n) is 1.99. The molecule has 0 saturated heterocycles. The smallest absolute Gasteiger partial charge is 0.372 e. The van der Waals surface area contributed by atoms with Crippen LogP contribution in [0.3, 0.4) is 0 Å². The van der Waals surface area contributed by atoms with E-state index in [9.17, 15) is 4.79 Å². The van der Waals surface area contributed by atoms with Gasteiger partial charge in [-0.25, -0.2) is 4.79 Å². The highest BCUT2D eigenvalue weighted by atomic mass is 35.5. The van der Waals surface area contributed by atoms with Crippen molar-refractivity contribution in [3.05, 3.63) is 0 Å². The number of carbonyl (C=O) groups is 1. The number of rotatable bonds is 8. The van der Waals surface area contributed by atoms with Crippen LogP contribution in [0.15, 0.2) is 5.16 Å². The summed E-state index contributed by atoms with van der Waals surface area (Å²) in [6, 6.07) is 0. The molecule has 0 atom stereocenters. The van der Waals surface area contributed by atoms with Gasteiger partial charge in [-0.3, -0.25) is 0 Å². The first-order valence-corrected chi connectivity index (χ1v) is 5.64. The van der Waals surface area contributed by atoms with Crippen molar-refractivity contribution in [2.75, 3.05) is 6.61 Å². The van der Waals surface area contributed by atoms with Gasteiger partial charge in [-0.1, -0.05) is 55.8 Å². The molecule has 0 aliphatic carbocycles. The molecule has 0 saturated carbocycles. The lowest BCUT2D eigenvalue weighted by atomic mass is 10.1. The lowest BCUT2D eigenvalue weighted by Crippen LogP contribution is -2.12. The van der Waals surface area contributed by atoms with Gasteiger partial charge in [0.2, 0.25) is 0 Å². The molecule has 0 aromatic carbocycles. The largest absolute Gasteiger partial charge is 0.460 e. The van der Waals surface area contributed by atoms with Crippen LogP contribution in [0.25, 0.3) is 0 Å². The highest BCUT2D eigenvalue weighted by Crippen LogP contribution is 2.05. The van der Waals surface area contributed by atoms with Crippen molar-refractivity contribution in [1.29, 1.82) is 0 Å². The molecular formula is C10H18ClNO3. The van der Waals surface area contributed by atoms with Gasteiger partial charge in [-0.05, 0) is 6.42 Å². The maximum Gasteiger partial charge on any atom is 0.372 e. The Morgan fingerprint density at radius 1 is 1.27 bits per heavy atom. The second-order valence-electron chi connectivity index (χ2n) is 3.29. The minimum atomic E-state index is -0.771. The van der Waals surface area contributed by atoms with E-state index < -0.39 is 11.1 Å². The van der Waals surface area contributed by atoms with E-state index in [1.54, 1.807) is 0 Å². The molecule has 0 heterocycles. The molecule has 0 aliphatic heterocycles. The summed E-state index contributed by atoms with van der Waals surface area (Å²) in [7, 11) is 0. The van der Waals surface area contributed by atoms with Crippen molar-refractivity contribution in [2.45, 2.75) is 45.4 Å². The summed E-state index contributed by atoms with van der Waals surface area (Å²) in [4.78, 5) is 10.9. The fourth-order valence-electron chi connectivity index (χ4n) is 1.15. The topological polar surface area (TPSA) is 58.9 Å². The van der Waals surface area contributed by atoms with Crippen LogP contribution >= 0.6 is 11.6 Å². The van der Waals surface area contributed by atoms with Gasteiger partial charge in [-0.2, -0.15) is 0 Å². The molecule has 0 aliphatic rings. The second-order valence-corrected chi connectivity index (χ2v) is 3.65. The van der Waals surface area contributed by atoms with Crippen LogP contribution in [0.5, 0.6) is 0 Å². The zero-order chi connectivity index (χ0) is 11.5. The van der Waals surface area contributed by atoms with Crippen molar-refractivity contribution < 1.29 is 14.7 Å². The van der Waals surface area contributed by atoms with E-state index >= 15 is 0 Å². The number of halogens is 1. The monoisotopic (exact) mass is 235 g/mol. The molecule has 0 unspecified atom stereocenters. The number of unbranched alkanes of at least 4 members (excludes halogenated alkanes) is 5. The van der Waals surface area contributed by atoms with Crippen molar-refractivity contribution >= 4 is 22.7 Å². The first kappa shape index (κ1) is 14.2. The van der Waals surface area contributed by atoms with E-state index in [4.69, 9.17) is 21.5 Å². The van der Waals surface area contributed by atoms with Crippen LogP contribution in [-0.4, -0.2) is 23.0 Å². The SMILES string of the molecule is CCCCCCCCOC(=O)/C(Cl)=N\O. The lowest BCUT2D eigenvalue weighted by Gasteiger charge is -2.02. The highest BCUT2D eigenvalue weighted by Gasteiger charge is 2.09. The highest BCUT2D eigenvalue weighted by molar-refractivity contribution is 6.81. The molecule has 88 valence electrons. The van der Waals surface area contributed by atoms with Gasteiger partial charge in [0.15, 0.2) is 0 Å². The van der Waals surface area contributed by atoms with Crippen LogP contribution in [0.2, 0.25) is 0 Å². The fourth-order valence-corrected chi connectivity index (χ4v) is 1.20. The van der Waals surface area contributed by atoms with E-state index in [1.807, 2.05) is 0 Å². The number of oxime groups is 1. The minimum absolute atomic E-state index is 0.330. The normalized spacial score (nSPS) is 11.5. The third kappa shape index (κ3) is 8.24. The molecule has 0 aromatic heterocycles. The number of ether oxygens (including phenoxy) is 1. The van der Waals surface area contributed by atoms with E-state index in [0.29, 0.717) is 6.61 Å². The Kier molecular flexibility index (Phi) is 9.27. The van der Waals surface area contributed by atoms with E-state index in [2.05, 4.69) is 12.1 Å². The van der Waals surface area contributed by atoms with Crippen LogP contribution in [-0.2, 0) is 9.53 Å². The van der Waals surface area contributed by atoms with E-state index in [0.717, 1.165) is 19.3 Å². The van der Waals surface area contributed by atoms with Gasteiger partial charge < -0.3 is 9.94 Å². The van der Waals surface area contributed by atoms with Gasteiger partial charge in [-0.15, -0.1) is 0 Å². The summed E-state index contributed by atoms with van der Waals surface area (Å²) in [5.74, 6) is -0.771.